The molecule has 1 aromatic carbocycles. The van der Waals surface area contributed by atoms with Crippen LogP contribution in [0, 0.1) is 0 Å². The third kappa shape index (κ3) is 3.27. The minimum absolute atomic E-state index is 0.0115. The minimum atomic E-state index is -4.57. The fourth-order valence-electron chi connectivity index (χ4n) is 1.36. The van der Waals surface area contributed by atoms with Gasteiger partial charge >= 0.3 is 6.18 Å². The van der Waals surface area contributed by atoms with Gasteiger partial charge < -0.3 is 21.3 Å². The molecule has 0 saturated heterocycles. The van der Waals surface area contributed by atoms with Crippen molar-refractivity contribution in [2.24, 2.45) is 0 Å². The highest BCUT2D eigenvalue weighted by Gasteiger charge is 2.35. The fourth-order valence-corrected chi connectivity index (χ4v) is 1.36. The van der Waals surface area contributed by atoms with Gasteiger partial charge in [0, 0.05) is 11.4 Å². The molecule has 0 fully saturated rings. The number of anilines is 2. The molecule has 4 nitrogen and oxygen atoms in total. The second-order valence-corrected chi connectivity index (χ2v) is 4.30. The Bertz CT molecular complexity index is 417. The van der Waals surface area contributed by atoms with E-state index < -0.39 is 30.5 Å². The molecule has 0 spiro atoms. The second-order valence-electron chi connectivity index (χ2n) is 4.30. The summed E-state index contributed by atoms with van der Waals surface area (Å²) in [5.74, 6) is 0. The van der Waals surface area contributed by atoms with Gasteiger partial charge in [0.1, 0.15) is 0 Å². The molecule has 0 bridgehead atoms. The number of hydrogen-bond donors (Lipinski definition) is 4. The van der Waals surface area contributed by atoms with E-state index in [-0.39, 0.29) is 11.4 Å². The average molecular weight is 264 g/mol. The number of nitrogens with two attached hydrogens (primary N) is 1. The lowest BCUT2D eigenvalue weighted by Crippen LogP contribution is -2.43. The van der Waals surface area contributed by atoms with Crippen molar-refractivity contribution in [1.29, 1.82) is 0 Å². The van der Waals surface area contributed by atoms with Crippen LogP contribution in [-0.2, 0) is 6.18 Å². The van der Waals surface area contributed by atoms with Crippen molar-refractivity contribution < 1.29 is 23.4 Å². The van der Waals surface area contributed by atoms with Crippen molar-refractivity contribution in [3.8, 4) is 0 Å². The zero-order valence-corrected chi connectivity index (χ0v) is 9.75. The van der Waals surface area contributed by atoms with Gasteiger partial charge in [-0.15, -0.1) is 0 Å². The van der Waals surface area contributed by atoms with Crippen LogP contribution in [0.5, 0.6) is 0 Å². The van der Waals surface area contributed by atoms with Crippen molar-refractivity contribution in [1.82, 2.24) is 0 Å². The molecule has 5 N–H and O–H groups in total. The van der Waals surface area contributed by atoms with Crippen molar-refractivity contribution in [3.05, 3.63) is 23.8 Å². The zero-order valence-electron chi connectivity index (χ0n) is 9.75. The van der Waals surface area contributed by atoms with Crippen molar-refractivity contribution in [2.45, 2.75) is 18.6 Å². The number of nitrogen functional groups attached to an aromatic ring is 1. The summed E-state index contributed by atoms with van der Waals surface area (Å²) < 4.78 is 38.4. The van der Waals surface area contributed by atoms with Gasteiger partial charge in [-0.05, 0) is 25.1 Å². The number of alkyl halides is 3. The van der Waals surface area contributed by atoms with Gasteiger partial charge in [0.2, 0.25) is 0 Å². The van der Waals surface area contributed by atoms with Crippen LogP contribution in [0.4, 0.5) is 24.5 Å². The highest BCUT2D eigenvalue weighted by Crippen LogP contribution is 2.37. The predicted molar refractivity (Wildman–Crippen MR) is 62.1 cm³/mol. The molecule has 18 heavy (non-hydrogen) atoms. The van der Waals surface area contributed by atoms with Crippen LogP contribution in [0.2, 0.25) is 0 Å². The van der Waals surface area contributed by atoms with Gasteiger partial charge in [-0.25, -0.2) is 0 Å². The first-order valence-corrected chi connectivity index (χ1v) is 5.18. The molecule has 1 aromatic rings. The zero-order chi connectivity index (χ0) is 14.0. The van der Waals surface area contributed by atoms with Crippen LogP contribution in [-0.4, -0.2) is 29.0 Å². The highest BCUT2D eigenvalue weighted by atomic mass is 19.4. The summed E-state index contributed by atoms with van der Waals surface area (Å²) in [6.07, 6.45) is -4.57. The lowest BCUT2D eigenvalue weighted by molar-refractivity contribution is -0.137. The third-order valence-electron chi connectivity index (χ3n) is 2.48. The van der Waals surface area contributed by atoms with E-state index in [2.05, 4.69) is 5.32 Å². The molecule has 0 aliphatic rings. The van der Waals surface area contributed by atoms with Crippen molar-refractivity contribution >= 4 is 11.4 Å². The van der Waals surface area contributed by atoms with Crippen LogP contribution in [0.25, 0.3) is 0 Å². The van der Waals surface area contributed by atoms with Crippen LogP contribution < -0.4 is 11.1 Å². The highest BCUT2D eigenvalue weighted by molar-refractivity contribution is 5.60. The monoisotopic (exact) mass is 264 g/mol. The molecular weight excluding hydrogens is 249 g/mol. The number of benzene rings is 1. The summed E-state index contributed by atoms with van der Waals surface area (Å²) in [6.45, 7) is 0.389. The molecule has 0 amide bonds. The van der Waals surface area contributed by atoms with E-state index in [9.17, 15) is 13.2 Å². The van der Waals surface area contributed by atoms with Crippen LogP contribution in [0.3, 0.4) is 0 Å². The molecule has 0 atom stereocenters. The number of nitrogens with one attached hydrogen (secondary N) is 1. The number of rotatable bonds is 4. The van der Waals surface area contributed by atoms with Gasteiger partial charge in [0.15, 0.2) is 0 Å². The molecule has 0 heterocycles. The van der Waals surface area contributed by atoms with Crippen LogP contribution in [0.15, 0.2) is 18.2 Å². The van der Waals surface area contributed by atoms with Gasteiger partial charge in [-0.3, -0.25) is 0 Å². The predicted octanol–water partition coefficient (Wildman–Crippen LogP) is 1.44. The molecule has 0 unspecified atom stereocenters. The summed E-state index contributed by atoms with van der Waals surface area (Å²) in [5, 5.41) is 20.6. The number of aliphatic hydroxyl groups is 2. The maximum Gasteiger partial charge on any atom is 0.418 e. The minimum Gasteiger partial charge on any atom is -0.399 e. The SMILES string of the molecule is CC(CO)(CO)Nc1ccc(N)cc1C(F)(F)F. The third-order valence-corrected chi connectivity index (χ3v) is 2.48. The van der Waals surface area contributed by atoms with E-state index in [1.807, 2.05) is 0 Å². The topological polar surface area (TPSA) is 78.5 Å². The Kier molecular flexibility index (Phi) is 4.08. The van der Waals surface area contributed by atoms with Gasteiger partial charge in [0.25, 0.3) is 0 Å². The average Bonchev–Trinajstić information content (AvgIpc) is 2.30. The molecule has 0 saturated carbocycles. The Morgan fingerprint density at radius 3 is 2.22 bits per heavy atom. The Balaban J connectivity index is 3.17. The Labute approximate surface area is 102 Å². The largest absolute Gasteiger partial charge is 0.418 e. The molecular formula is C11H15F3N2O2. The smallest absolute Gasteiger partial charge is 0.399 e. The first-order valence-electron chi connectivity index (χ1n) is 5.18. The van der Waals surface area contributed by atoms with E-state index in [1.54, 1.807) is 0 Å². The Morgan fingerprint density at radius 1 is 1.22 bits per heavy atom. The van der Waals surface area contributed by atoms with E-state index in [0.717, 1.165) is 6.07 Å². The number of aliphatic hydroxyl groups excluding tert-OH is 2. The van der Waals surface area contributed by atoms with E-state index in [4.69, 9.17) is 15.9 Å². The van der Waals surface area contributed by atoms with Crippen molar-refractivity contribution in [2.75, 3.05) is 24.3 Å². The first-order chi connectivity index (χ1) is 8.22. The Hall–Kier alpha value is -1.47. The Morgan fingerprint density at radius 2 is 1.78 bits per heavy atom. The quantitative estimate of drug-likeness (QED) is 0.621. The molecule has 1 rings (SSSR count). The maximum atomic E-state index is 12.8. The summed E-state index contributed by atoms with van der Waals surface area (Å²) >= 11 is 0. The lowest BCUT2D eigenvalue weighted by Gasteiger charge is -2.29. The number of hydrogen-bond acceptors (Lipinski definition) is 4. The van der Waals surface area contributed by atoms with E-state index in [0.29, 0.717) is 0 Å². The molecule has 0 aliphatic carbocycles. The summed E-state index contributed by atoms with van der Waals surface area (Å²) in [6, 6.07) is 3.28. The second kappa shape index (κ2) is 5.03. The summed E-state index contributed by atoms with van der Waals surface area (Å²) in [5.41, 5.74) is 2.91. The standard InChI is InChI=1S/C11H15F3N2O2/c1-10(5-17,6-18)16-9-3-2-7(15)4-8(9)11(12,13)14/h2-4,16-18H,5-6,15H2,1H3. The fraction of sp³-hybridized carbons (Fsp3) is 0.455. The molecule has 7 heteroatoms. The summed E-state index contributed by atoms with van der Waals surface area (Å²) in [4.78, 5) is 0. The lowest BCUT2D eigenvalue weighted by atomic mass is 10.0. The van der Waals surface area contributed by atoms with Gasteiger partial charge in [-0.1, -0.05) is 0 Å². The van der Waals surface area contributed by atoms with Gasteiger partial charge in [-0.2, -0.15) is 13.2 Å². The van der Waals surface area contributed by atoms with Crippen LogP contribution >= 0.6 is 0 Å². The van der Waals surface area contributed by atoms with E-state index >= 15 is 0 Å². The summed E-state index contributed by atoms with van der Waals surface area (Å²) in [7, 11) is 0. The number of halogens is 3. The molecule has 0 aliphatic heterocycles. The first kappa shape index (κ1) is 14.6. The maximum absolute atomic E-state index is 12.8. The molecule has 0 aromatic heterocycles. The van der Waals surface area contributed by atoms with Crippen LogP contribution in [0.1, 0.15) is 12.5 Å². The van der Waals surface area contributed by atoms with Crippen molar-refractivity contribution in [3.63, 3.8) is 0 Å². The molecule has 102 valence electrons. The molecule has 0 radical (unpaired) electrons. The van der Waals surface area contributed by atoms with E-state index in [1.165, 1.54) is 19.1 Å². The normalized spacial score (nSPS) is 12.6. The van der Waals surface area contributed by atoms with Gasteiger partial charge in [0.05, 0.1) is 24.3 Å².